The van der Waals surface area contributed by atoms with Gasteiger partial charge in [-0.05, 0) is 111 Å². The number of carbonyl (C=O) groups is 1. The van der Waals surface area contributed by atoms with E-state index in [2.05, 4.69) is 4.99 Å². The molecule has 2 aliphatic heterocycles. The SMILES string of the molecule is N=C1/C(=C\c2cccn2-c2ccc(F)cc2)C(=O)N=C2SC(C34CC5CC(CC(C5)C3)C4)=NN12. The number of hydrazone groups is 1. The lowest BCUT2D eigenvalue weighted by atomic mass is 9.50. The van der Waals surface area contributed by atoms with E-state index in [4.69, 9.17) is 10.5 Å². The summed E-state index contributed by atoms with van der Waals surface area (Å²) < 4.78 is 15.2. The van der Waals surface area contributed by atoms with Crippen molar-refractivity contribution in [1.29, 1.82) is 5.41 Å². The number of nitrogens with zero attached hydrogens (tertiary/aromatic N) is 4. The smallest absolute Gasteiger partial charge is 0.283 e. The van der Waals surface area contributed by atoms with E-state index in [1.807, 2.05) is 22.9 Å². The van der Waals surface area contributed by atoms with Crippen molar-refractivity contribution >= 4 is 39.8 Å². The van der Waals surface area contributed by atoms with Crippen molar-refractivity contribution < 1.29 is 9.18 Å². The second kappa shape index (κ2) is 7.25. The third kappa shape index (κ3) is 3.07. The first-order valence-corrected chi connectivity index (χ1v) is 12.7. The molecule has 4 aliphatic carbocycles. The van der Waals surface area contributed by atoms with E-state index in [0.29, 0.717) is 5.17 Å². The molecule has 6 aliphatic rings. The highest BCUT2D eigenvalue weighted by molar-refractivity contribution is 8.27. The number of amides is 1. The Morgan fingerprint density at radius 3 is 2.41 bits per heavy atom. The fourth-order valence-corrected chi connectivity index (χ4v) is 8.18. The Bertz CT molecular complexity index is 1290. The summed E-state index contributed by atoms with van der Waals surface area (Å²) in [4.78, 5) is 17.3. The summed E-state index contributed by atoms with van der Waals surface area (Å²) in [6, 6.07) is 9.88. The number of rotatable bonds is 3. The van der Waals surface area contributed by atoms with Crippen LogP contribution in [0.2, 0.25) is 0 Å². The predicted molar refractivity (Wildman–Crippen MR) is 131 cm³/mol. The van der Waals surface area contributed by atoms with E-state index in [-0.39, 0.29) is 22.6 Å². The van der Waals surface area contributed by atoms with Gasteiger partial charge in [-0.25, -0.2) is 4.39 Å². The molecule has 4 bridgehead atoms. The van der Waals surface area contributed by atoms with Crippen molar-refractivity contribution in [2.75, 3.05) is 0 Å². The Morgan fingerprint density at radius 1 is 1.06 bits per heavy atom. The van der Waals surface area contributed by atoms with Gasteiger partial charge in [-0.1, -0.05) is 0 Å². The molecule has 1 N–H and O–H groups in total. The Hall–Kier alpha value is -3.00. The summed E-state index contributed by atoms with van der Waals surface area (Å²) in [5, 5.41) is 16.8. The number of amidine groups is 2. The van der Waals surface area contributed by atoms with Gasteiger partial charge in [0.1, 0.15) is 10.9 Å². The van der Waals surface area contributed by atoms with Crippen LogP contribution in [0.15, 0.2) is 58.3 Å². The molecule has 3 heterocycles. The van der Waals surface area contributed by atoms with Crippen LogP contribution in [0.25, 0.3) is 11.8 Å². The van der Waals surface area contributed by atoms with Gasteiger partial charge in [-0.3, -0.25) is 10.2 Å². The molecule has 0 unspecified atom stereocenters. The highest BCUT2D eigenvalue weighted by atomic mass is 32.2. The minimum absolute atomic E-state index is 0.0640. The van der Waals surface area contributed by atoms with Crippen molar-refractivity contribution in [3.05, 3.63) is 59.7 Å². The lowest BCUT2D eigenvalue weighted by molar-refractivity contribution is -0.114. The van der Waals surface area contributed by atoms with Crippen LogP contribution in [-0.2, 0) is 4.79 Å². The summed E-state index contributed by atoms with van der Waals surface area (Å²) in [5.41, 5.74) is 1.80. The van der Waals surface area contributed by atoms with Crippen LogP contribution in [0.4, 0.5) is 4.39 Å². The Balaban J connectivity index is 1.21. The van der Waals surface area contributed by atoms with Gasteiger partial charge in [0, 0.05) is 23.0 Å². The van der Waals surface area contributed by atoms with Crippen LogP contribution in [0.5, 0.6) is 0 Å². The van der Waals surface area contributed by atoms with Gasteiger partial charge in [-0.2, -0.15) is 15.1 Å². The Kier molecular flexibility index (Phi) is 4.34. The monoisotopic (exact) mass is 473 g/mol. The average Bonchev–Trinajstić information content (AvgIpc) is 3.44. The number of thioether (sulfide) groups is 1. The quantitative estimate of drug-likeness (QED) is 0.602. The fraction of sp³-hybridized carbons (Fsp3) is 0.385. The van der Waals surface area contributed by atoms with Crippen molar-refractivity contribution in [3.63, 3.8) is 0 Å². The molecular weight excluding hydrogens is 449 g/mol. The minimum atomic E-state index is -0.419. The molecule has 172 valence electrons. The Morgan fingerprint density at radius 2 is 1.74 bits per heavy atom. The molecule has 0 saturated heterocycles. The molecule has 0 atom stereocenters. The molecule has 1 amide bonds. The number of hydrogen-bond donors (Lipinski definition) is 1. The third-order valence-corrected chi connectivity index (χ3v) is 9.28. The van der Waals surface area contributed by atoms with Crippen molar-refractivity contribution in [1.82, 2.24) is 9.58 Å². The van der Waals surface area contributed by atoms with Gasteiger partial charge >= 0.3 is 0 Å². The average molecular weight is 474 g/mol. The van der Waals surface area contributed by atoms with E-state index in [0.717, 1.165) is 34.2 Å². The maximum atomic E-state index is 13.4. The first kappa shape index (κ1) is 20.4. The number of carbonyl (C=O) groups excluding carboxylic acids is 1. The van der Waals surface area contributed by atoms with Gasteiger partial charge in [0.05, 0.1) is 5.57 Å². The molecule has 6 nitrogen and oxygen atoms in total. The van der Waals surface area contributed by atoms with E-state index >= 15 is 0 Å². The number of hydrogen-bond acceptors (Lipinski definition) is 4. The minimum Gasteiger partial charge on any atom is -0.317 e. The topological polar surface area (TPSA) is 73.8 Å². The molecule has 0 radical (unpaired) electrons. The van der Waals surface area contributed by atoms with Crippen LogP contribution in [0, 0.1) is 34.4 Å². The highest BCUT2D eigenvalue weighted by Crippen LogP contribution is 2.62. The van der Waals surface area contributed by atoms with Crippen LogP contribution in [-0.4, -0.2) is 31.5 Å². The molecule has 1 aromatic heterocycles. The highest BCUT2D eigenvalue weighted by Gasteiger charge is 2.55. The molecular formula is C26H24FN5OS. The van der Waals surface area contributed by atoms with Crippen LogP contribution in [0.3, 0.4) is 0 Å². The summed E-state index contributed by atoms with van der Waals surface area (Å²) in [7, 11) is 0. The summed E-state index contributed by atoms with van der Waals surface area (Å²) in [6.45, 7) is 0. The molecule has 0 spiro atoms. The zero-order valence-corrected chi connectivity index (χ0v) is 19.4. The van der Waals surface area contributed by atoms with Gasteiger partial charge in [-0.15, -0.1) is 0 Å². The summed E-state index contributed by atoms with van der Waals surface area (Å²) in [5.74, 6) is 1.73. The van der Waals surface area contributed by atoms with Gasteiger partial charge in [0.2, 0.25) is 5.17 Å². The zero-order chi connectivity index (χ0) is 23.0. The molecule has 4 fully saturated rings. The fourth-order valence-electron chi connectivity index (χ4n) is 7.08. The number of fused-ring (bicyclic) bond motifs is 1. The number of halogens is 1. The second-order valence-electron chi connectivity index (χ2n) is 10.4. The van der Waals surface area contributed by atoms with Crippen molar-refractivity contribution in [2.24, 2.45) is 33.3 Å². The predicted octanol–water partition coefficient (Wildman–Crippen LogP) is 5.45. The number of aliphatic imine (C=N–C) groups is 1. The number of aromatic nitrogens is 1. The number of nitrogens with one attached hydrogen (secondary N) is 1. The van der Waals surface area contributed by atoms with E-state index < -0.39 is 5.91 Å². The van der Waals surface area contributed by atoms with Gasteiger partial charge < -0.3 is 4.57 Å². The van der Waals surface area contributed by atoms with Gasteiger partial charge in [0.25, 0.3) is 5.91 Å². The third-order valence-electron chi connectivity index (χ3n) is 8.12. The zero-order valence-electron chi connectivity index (χ0n) is 18.6. The van der Waals surface area contributed by atoms with Crippen molar-refractivity contribution in [2.45, 2.75) is 38.5 Å². The molecule has 4 saturated carbocycles. The standard InChI is InChI=1S/C26H24FN5OS/c27-18-3-5-19(6-4-18)31-7-1-2-20(31)11-21-22(28)32-25(29-23(21)33)34-24(30-32)26-12-15-8-16(13-26)10-17(9-15)14-26/h1-7,11,15-17,28H,8-10,12-14H2/b21-11+,28-22?. The lowest BCUT2D eigenvalue weighted by Gasteiger charge is -2.56. The van der Waals surface area contributed by atoms with E-state index in [1.54, 1.807) is 23.2 Å². The maximum absolute atomic E-state index is 13.4. The Labute approximate surface area is 201 Å². The normalized spacial score (nSPS) is 32.9. The molecule has 1 aromatic carbocycles. The van der Waals surface area contributed by atoms with Crippen molar-refractivity contribution in [3.8, 4) is 5.69 Å². The van der Waals surface area contributed by atoms with Crippen LogP contribution >= 0.6 is 11.8 Å². The lowest BCUT2D eigenvalue weighted by Crippen LogP contribution is -2.49. The second-order valence-corrected chi connectivity index (χ2v) is 11.4. The largest absolute Gasteiger partial charge is 0.317 e. The van der Waals surface area contributed by atoms with Gasteiger partial charge in [0.15, 0.2) is 5.84 Å². The summed E-state index contributed by atoms with van der Waals surface area (Å²) >= 11 is 1.50. The first-order valence-electron chi connectivity index (χ1n) is 11.9. The maximum Gasteiger partial charge on any atom is 0.283 e. The summed E-state index contributed by atoms with van der Waals surface area (Å²) in [6.07, 6.45) is 11.1. The molecule has 2 aromatic rings. The van der Waals surface area contributed by atoms with Crippen LogP contribution in [0.1, 0.15) is 44.2 Å². The number of benzene rings is 1. The molecule has 8 heteroatoms. The van der Waals surface area contributed by atoms with E-state index in [9.17, 15) is 9.18 Å². The van der Waals surface area contributed by atoms with Crippen LogP contribution < -0.4 is 0 Å². The molecule has 8 rings (SSSR count). The van der Waals surface area contributed by atoms with E-state index in [1.165, 1.54) is 62.4 Å². The first-order chi connectivity index (χ1) is 16.5. The molecule has 34 heavy (non-hydrogen) atoms.